The second-order valence-corrected chi connectivity index (χ2v) is 6.26. The topological polar surface area (TPSA) is 97.5 Å². The van der Waals surface area contributed by atoms with Crippen LogP contribution in [0.3, 0.4) is 0 Å². The highest BCUT2D eigenvalue weighted by Gasteiger charge is 2.23. The van der Waals surface area contributed by atoms with Crippen molar-refractivity contribution >= 4 is 17.6 Å². The van der Waals surface area contributed by atoms with E-state index in [1.807, 2.05) is 0 Å². The monoisotopic (exact) mass is 331 g/mol. The molecule has 0 aromatic carbocycles. The fraction of sp³-hybridized carbons (Fsp3) is 0.500. The largest absolute Gasteiger partial charge is 0.350 e. The van der Waals surface area contributed by atoms with E-state index in [-0.39, 0.29) is 12.6 Å². The van der Waals surface area contributed by atoms with Crippen molar-refractivity contribution in [2.24, 2.45) is 5.92 Å². The Morgan fingerprint density at radius 3 is 2.83 bits per heavy atom. The molecule has 0 spiro atoms. The summed E-state index contributed by atoms with van der Waals surface area (Å²) in [5.74, 6) is -0.165. The van der Waals surface area contributed by atoms with Crippen LogP contribution < -0.4 is 16.3 Å². The molecule has 8 heteroatoms. The van der Waals surface area contributed by atoms with Gasteiger partial charge < -0.3 is 5.32 Å². The number of imide groups is 1. The lowest BCUT2D eigenvalue weighted by Gasteiger charge is -2.29. The smallest absolute Gasteiger partial charge is 0.335 e. The molecule has 1 aliphatic carbocycles. The van der Waals surface area contributed by atoms with Crippen molar-refractivity contribution in [3.8, 4) is 0 Å². The van der Waals surface area contributed by atoms with Crippen LogP contribution in [0.1, 0.15) is 32.6 Å². The Kier molecular flexibility index (Phi) is 4.64. The number of carbonyl (C=O) groups excluding carboxylic acids is 2. The molecule has 1 saturated carbocycles. The van der Waals surface area contributed by atoms with Crippen molar-refractivity contribution in [2.75, 3.05) is 0 Å². The number of nitrogens with zero attached hydrogens (tertiary/aromatic N) is 3. The predicted octanol–water partition coefficient (Wildman–Crippen LogP) is 0.900. The highest BCUT2D eigenvalue weighted by atomic mass is 16.2. The summed E-state index contributed by atoms with van der Waals surface area (Å²) in [5, 5.41) is 9.17. The van der Waals surface area contributed by atoms with E-state index in [9.17, 15) is 14.4 Å². The fourth-order valence-electron chi connectivity index (χ4n) is 3.11. The molecule has 2 atom stereocenters. The highest BCUT2D eigenvalue weighted by Crippen LogP contribution is 2.23. The van der Waals surface area contributed by atoms with Crippen molar-refractivity contribution in [2.45, 2.75) is 45.2 Å². The standard InChI is InChI=1S/C16H21N5O3/c1-11-6-2-3-7-12(11)17-15(23)18-14(22)10-21-16(24)20-9-5-4-8-13(20)19-21/h4-5,8-9,11-12H,2-3,6-7,10H2,1H3,(H2,17,18,22,23). The van der Waals surface area contributed by atoms with E-state index >= 15 is 0 Å². The molecule has 0 bridgehead atoms. The molecule has 0 aliphatic heterocycles. The van der Waals surface area contributed by atoms with Gasteiger partial charge in [0.25, 0.3) is 0 Å². The molecule has 1 aliphatic rings. The molecule has 0 radical (unpaired) electrons. The predicted molar refractivity (Wildman–Crippen MR) is 87.5 cm³/mol. The van der Waals surface area contributed by atoms with Gasteiger partial charge in [-0.2, -0.15) is 0 Å². The Balaban J connectivity index is 1.59. The Hall–Kier alpha value is -2.64. The van der Waals surface area contributed by atoms with Gasteiger partial charge in [0.1, 0.15) is 6.54 Å². The molecule has 2 N–H and O–H groups in total. The van der Waals surface area contributed by atoms with Crippen LogP contribution in [0.5, 0.6) is 0 Å². The molecular formula is C16H21N5O3. The van der Waals surface area contributed by atoms with Crippen LogP contribution in [0.15, 0.2) is 29.2 Å². The molecule has 2 aromatic rings. The summed E-state index contributed by atoms with van der Waals surface area (Å²) in [4.78, 5) is 36.0. The van der Waals surface area contributed by atoms with Crippen LogP contribution in [0.25, 0.3) is 5.65 Å². The van der Waals surface area contributed by atoms with Crippen LogP contribution in [-0.4, -0.2) is 32.2 Å². The number of nitrogens with one attached hydrogen (secondary N) is 2. The lowest BCUT2D eigenvalue weighted by Crippen LogP contribution is -2.48. The first-order valence-corrected chi connectivity index (χ1v) is 8.19. The van der Waals surface area contributed by atoms with Crippen LogP contribution >= 0.6 is 0 Å². The molecule has 3 amide bonds. The molecule has 24 heavy (non-hydrogen) atoms. The summed E-state index contributed by atoms with van der Waals surface area (Å²) < 4.78 is 2.39. The van der Waals surface area contributed by atoms with Gasteiger partial charge in [-0.05, 0) is 30.9 Å². The molecule has 8 nitrogen and oxygen atoms in total. The van der Waals surface area contributed by atoms with Crippen LogP contribution in [0.2, 0.25) is 0 Å². The number of rotatable bonds is 3. The zero-order valence-corrected chi connectivity index (χ0v) is 13.6. The van der Waals surface area contributed by atoms with Crippen molar-refractivity contribution < 1.29 is 9.59 Å². The first-order valence-electron chi connectivity index (χ1n) is 8.19. The van der Waals surface area contributed by atoms with Gasteiger partial charge in [0, 0.05) is 12.2 Å². The molecule has 2 unspecified atom stereocenters. The van der Waals surface area contributed by atoms with Crippen molar-refractivity contribution in [1.29, 1.82) is 0 Å². The van der Waals surface area contributed by atoms with Crippen molar-refractivity contribution in [3.63, 3.8) is 0 Å². The van der Waals surface area contributed by atoms with Gasteiger partial charge in [-0.25, -0.2) is 14.3 Å². The van der Waals surface area contributed by atoms with Gasteiger partial charge in [-0.15, -0.1) is 5.10 Å². The van der Waals surface area contributed by atoms with Gasteiger partial charge in [-0.1, -0.05) is 25.8 Å². The SMILES string of the molecule is CC1CCCCC1NC(=O)NC(=O)Cn1nc2ccccn2c1=O. The molecular weight excluding hydrogens is 310 g/mol. The molecule has 0 saturated heterocycles. The van der Waals surface area contributed by atoms with Crippen LogP contribution in [-0.2, 0) is 11.3 Å². The minimum Gasteiger partial charge on any atom is -0.335 e. The van der Waals surface area contributed by atoms with Gasteiger partial charge >= 0.3 is 11.7 Å². The van der Waals surface area contributed by atoms with E-state index in [1.165, 1.54) is 10.8 Å². The van der Waals surface area contributed by atoms with Crippen LogP contribution in [0.4, 0.5) is 4.79 Å². The summed E-state index contributed by atoms with van der Waals surface area (Å²) in [7, 11) is 0. The van der Waals surface area contributed by atoms with Crippen molar-refractivity contribution in [3.05, 3.63) is 34.9 Å². The Bertz CT molecular complexity index is 809. The Morgan fingerprint density at radius 2 is 2.08 bits per heavy atom. The van der Waals surface area contributed by atoms with E-state index in [1.54, 1.807) is 24.4 Å². The van der Waals surface area contributed by atoms with E-state index in [0.717, 1.165) is 23.9 Å². The molecule has 128 valence electrons. The Labute approximate surface area is 138 Å². The number of pyridine rings is 1. The first-order chi connectivity index (χ1) is 11.5. The number of aromatic nitrogens is 3. The zero-order valence-electron chi connectivity index (χ0n) is 13.6. The number of amides is 3. The minimum atomic E-state index is -0.568. The number of fused-ring (bicyclic) bond motifs is 1. The summed E-state index contributed by atoms with van der Waals surface area (Å²) in [6.45, 7) is 1.80. The van der Waals surface area contributed by atoms with E-state index in [4.69, 9.17) is 0 Å². The number of hydrogen-bond donors (Lipinski definition) is 2. The third-order valence-electron chi connectivity index (χ3n) is 4.46. The molecule has 2 aromatic heterocycles. The van der Waals surface area contributed by atoms with E-state index in [2.05, 4.69) is 22.7 Å². The second kappa shape index (κ2) is 6.86. The fourth-order valence-corrected chi connectivity index (χ4v) is 3.11. The summed E-state index contributed by atoms with van der Waals surface area (Å²) in [5.41, 5.74) is 0.0397. The van der Waals surface area contributed by atoms with Crippen molar-refractivity contribution in [1.82, 2.24) is 24.8 Å². The van der Waals surface area contributed by atoms with Gasteiger partial charge in [0.15, 0.2) is 5.65 Å². The average molecular weight is 331 g/mol. The average Bonchev–Trinajstić information content (AvgIpc) is 2.86. The van der Waals surface area contributed by atoms with E-state index < -0.39 is 17.6 Å². The van der Waals surface area contributed by atoms with Crippen LogP contribution in [0, 0.1) is 5.92 Å². The molecule has 3 rings (SSSR count). The molecule has 1 fully saturated rings. The highest BCUT2D eigenvalue weighted by molar-refractivity contribution is 5.94. The quantitative estimate of drug-likeness (QED) is 0.873. The summed E-state index contributed by atoms with van der Waals surface area (Å²) in [6, 6.07) is 4.71. The third-order valence-corrected chi connectivity index (χ3v) is 4.46. The maximum Gasteiger partial charge on any atom is 0.350 e. The minimum absolute atomic E-state index is 0.0875. The number of urea groups is 1. The van der Waals surface area contributed by atoms with E-state index in [0.29, 0.717) is 11.6 Å². The van der Waals surface area contributed by atoms with Gasteiger partial charge in [-0.3, -0.25) is 14.5 Å². The maximum atomic E-state index is 12.1. The molecule has 2 heterocycles. The third kappa shape index (κ3) is 3.47. The normalized spacial score (nSPS) is 20.7. The maximum absolute atomic E-state index is 12.1. The van der Waals surface area contributed by atoms with Gasteiger partial charge in [0.2, 0.25) is 5.91 Å². The number of carbonyl (C=O) groups is 2. The zero-order chi connectivity index (χ0) is 17.1. The lowest BCUT2D eigenvalue weighted by molar-refractivity contribution is -0.120. The summed E-state index contributed by atoms with van der Waals surface area (Å²) in [6.07, 6.45) is 5.84. The first kappa shape index (κ1) is 16.2. The second-order valence-electron chi connectivity index (χ2n) is 6.26. The lowest BCUT2D eigenvalue weighted by atomic mass is 9.86. The summed E-state index contributed by atoms with van der Waals surface area (Å²) >= 11 is 0. The Morgan fingerprint density at radius 1 is 1.29 bits per heavy atom. The van der Waals surface area contributed by atoms with Gasteiger partial charge in [0.05, 0.1) is 0 Å². The number of hydrogen-bond acceptors (Lipinski definition) is 4.